The number of fused-ring (bicyclic) bond motifs is 1. The van der Waals surface area contributed by atoms with E-state index in [0.717, 1.165) is 39.1 Å². The number of aryl methyl sites for hydroxylation is 2. The molecule has 2 aromatic heterocycles. The molecule has 0 spiro atoms. The Morgan fingerprint density at radius 2 is 1.83 bits per heavy atom. The van der Waals surface area contributed by atoms with Gasteiger partial charge >= 0.3 is 0 Å². The SMILES string of the molecule is Cc1ccc(C(=O)N/N=C\c2cc(C)n(-c3ccc4ncccc4c3)c2C)cc1. The van der Waals surface area contributed by atoms with Crippen molar-refractivity contribution in [2.24, 2.45) is 5.10 Å². The van der Waals surface area contributed by atoms with Gasteiger partial charge in [-0.3, -0.25) is 9.78 Å². The largest absolute Gasteiger partial charge is 0.318 e. The molecule has 4 rings (SSSR count). The molecule has 0 aliphatic rings. The van der Waals surface area contributed by atoms with Gasteiger partial charge in [-0.1, -0.05) is 23.8 Å². The first kappa shape index (κ1) is 18.6. The van der Waals surface area contributed by atoms with E-state index in [1.54, 1.807) is 24.5 Å². The fourth-order valence-corrected chi connectivity index (χ4v) is 3.45. The van der Waals surface area contributed by atoms with Crippen molar-refractivity contribution >= 4 is 23.0 Å². The van der Waals surface area contributed by atoms with Crippen molar-refractivity contribution in [2.75, 3.05) is 0 Å². The third-order valence-electron chi connectivity index (χ3n) is 5.00. The van der Waals surface area contributed by atoms with Crippen LogP contribution < -0.4 is 5.43 Å². The Hall–Kier alpha value is -3.73. The van der Waals surface area contributed by atoms with Gasteiger partial charge in [0.05, 0.1) is 11.7 Å². The van der Waals surface area contributed by atoms with Crippen molar-refractivity contribution < 1.29 is 4.79 Å². The Morgan fingerprint density at radius 3 is 2.62 bits per heavy atom. The Balaban J connectivity index is 1.57. The third-order valence-corrected chi connectivity index (χ3v) is 5.00. The van der Waals surface area contributed by atoms with Crippen LogP contribution in [0.25, 0.3) is 16.6 Å². The van der Waals surface area contributed by atoms with Crippen LogP contribution in [-0.2, 0) is 0 Å². The molecule has 1 N–H and O–H groups in total. The smallest absolute Gasteiger partial charge is 0.271 e. The molecule has 0 aliphatic heterocycles. The van der Waals surface area contributed by atoms with Crippen LogP contribution in [0.4, 0.5) is 0 Å². The number of amides is 1. The molecule has 2 aromatic carbocycles. The van der Waals surface area contributed by atoms with Gasteiger partial charge in [-0.2, -0.15) is 5.10 Å². The van der Waals surface area contributed by atoms with Crippen molar-refractivity contribution in [1.29, 1.82) is 0 Å². The van der Waals surface area contributed by atoms with Crippen LogP contribution in [-0.4, -0.2) is 21.7 Å². The van der Waals surface area contributed by atoms with Crippen molar-refractivity contribution in [3.63, 3.8) is 0 Å². The summed E-state index contributed by atoms with van der Waals surface area (Å²) >= 11 is 0. The number of rotatable bonds is 4. The van der Waals surface area contributed by atoms with E-state index in [1.165, 1.54) is 0 Å². The number of aromatic nitrogens is 2. The molecule has 144 valence electrons. The Morgan fingerprint density at radius 1 is 1.03 bits per heavy atom. The summed E-state index contributed by atoms with van der Waals surface area (Å²) in [6, 6.07) is 19.7. The molecule has 0 fully saturated rings. The van der Waals surface area contributed by atoms with E-state index in [1.807, 2.05) is 38.1 Å². The molecule has 0 saturated heterocycles. The van der Waals surface area contributed by atoms with Crippen LogP contribution >= 0.6 is 0 Å². The highest BCUT2D eigenvalue weighted by molar-refractivity contribution is 5.95. The number of nitrogens with zero attached hydrogens (tertiary/aromatic N) is 3. The van der Waals surface area contributed by atoms with Gasteiger partial charge in [0.15, 0.2) is 0 Å². The highest BCUT2D eigenvalue weighted by atomic mass is 16.2. The van der Waals surface area contributed by atoms with E-state index >= 15 is 0 Å². The first-order valence-electron chi connectivity index (χ1n) is 9.47. The number of carbonyl (C=O) groups is 1. The summed E-state index contributed by atoms with van der Waals surface area (Å²) in [6.45, 7) is 6.09. The summed E-state index contributed by atoms with van der Waals surface area (Å²) in [5.41, 5.74) is 9.45. The Labute approximate surface area is 169 Å². The lowest BCUT2D eigenvalue weighted by Gasteiger charge is -2.10. The standard InChI is InChI=1S/C24H22N4O/c1-16-6-8-19(9-7-16)24(29)27-26-15-21-13-17(2)28(18(21)3)22-10-11-23-20(14-22)5-4-12-25-23/h4-15H,1-3H3,(H,27,29)/b26-15-. The minimum atomic E-state index is -0.225. The molecular formula is C24H22N4O. The predicted molar refractivity (Wildman–Crippen MR) is 117 cm³/mol. The molecule has 0 unspecified atom stereocenters. The Kier molecular flexibility index (Phi) is 4.96. The van der Waals surface area contributed by atoms with Crippen LogP contribution in [0.5, 0.6) is 0 Å². The monoisotopic (exact) mass is 382 g/mol. The second-order valence-corrected chi connectivity index (χ2v) is 7.11. The van der Waals surface area contributed by atoms with Gasteiger partial charge in [0.2, 0.25) is 0 Å². The maximum Gasteiger partial charge on any atom is 0.271 e. The molecule has 4 aromatic rings. The average Bonchev–Trinajstić information content (AvgIpc) is 3.01. The molecule has 2 heterocycles. The lowest BCUT2D eigenvalue weighted by Crippen LogP contribution is -2.17. The number of carbonyl (C=O) groups excluding carboxylic acids is 1. The molecule has 29 heavy (non-hydrogen) atoms. The van der Waals surface area contributed by atoms with Gasteiger partial charge in [-0.15, -0.1) is 0 Å². The number of benzene rings is 2. The van der Waals surface area contributed by atoms with Gasteiger partial charge in [0.25, 0.3) is 5.91 Å². The van der Waals surface area contributed by atoms with E-state index in [2.05, 4.69) is 51.3 Å². The number of pyridine rings is 1. The summed E-state index contributed by atoms with van der Waals surface area (Å²) in [4.78, 5) is 16.6. The molecule has 0 aliphatic carbocycles. The average molecular weight is 382 g/mol. The minimum absolute atomic E-state index is 0.225. The topological polar surface area (TPSA) is 59.3 Å². The van der Waals surface area contributed by atoms with Gasteiger partial charge in [-0.05, 0) is 63.2 Å². The second-order valence-electron chi connectivity index (χ2n) is 7.11. The minimum Gasteiger partial charge on any atom is -0.318 e. The number of nitrogens with one attached hydrogen (secondary N) is 1. The molecule has 0 bridgehead atoms. The molecule has 1 amide bonds. The number of hydrazone groups is 1. The quantitative estimate of drug-likeness (QED) is 0.410. The van der Waals surface area contributed by atoms with Crippen LogP contribution in [0.3, 0.4) is 0 Å². The first-order valence-corrected chi connectivity index (χ1v) is 9.47. The summed E-state index contributed by atoms with van der Waals surface area (Å²) in [7, 11) is 0. The van der Waals surface area contributed by atoms with Crippen molar-refractivity contribution in [2.45, 2.75) is 20.8 Å². The van der Waals surface area contributed by atoms with Crippen LogP contribution in [0.15, 0.2) is 72.0 Å². The van der Waals surface area contributed by atoms with E-state index in [-0.39, 0.29) is 5.91 Å². The lowest BCUT2D eigenvalue weighted by molar-refractivity contribution is 0.0955. The molecule has 5 nitrogen and oxygen atoms in total. The van der Waals surface area contributed by atoms with Gasteiger partial charge in [0, 0.05) is 39.8 Å². The highest BCUT2D eigenvalue weighted by Gasteiger charge is 2.10. The van der Waals surface area contributed by atoms with Crippen molar-refractivity contribution in [3.05, 3.63) is 94.9 Å². The molecule has 0 atom stereocenters. The summed E-state index contributed by atoms with van der Waals surface area (Å²) in [5.74, 6) is -0.225. The normalized spacial score (nSPS) is 11.3. The summed E-state index contributed by atoms with van der Waals surface area (Å²) in [6.07, 6.45) is 3.49. The van der Waals surface area contributed by atoms with Crippen LogP contribution in [0.2, 0.25) is 0 Å². The molecular weight excluding hydrogens is 360 g/mol. The summed E-state index contributed by atoms with van der Waals surface area (Å²) in [5, 5.41) is 5.25. The van der Waals surface area contributed by atoms with Gasteiger partial charge < -0.3 is 4.57 Å². The lowest BCUT2D eigenvalue weighted by atomic mass is 10.1. The van der Waals surface area contributed by atoms with Crippen molar-refractivity contribution in [1.82, 2.24) is 15.0 Å². The Bertz CT molecular complexity index is 1220. The zero-order valence-electron chi connectivity index (χ0n) is 16.7. The maximum absolute atomic E-state index is 12.2. The number of hydrogen-bond donors (Lipinski definition) is 1. The van der Waals surface area contributed by atoms with Gasteiger partial charge in [0.1, 0.15) is 0 Å². The fourth-order valence-electron chi connectivity index (χ4n) is 3.45. The zero-order chi connectivity index (χ0) is 20.4. The van der Waals surface area contributed by atoms with Crippen LogP contribution in [0.1, 0.15) is 32.9 Å². The van der Waals surface area contributed by atoms with Gasteiger partial charge in [-0.25, -0.2) is 5.43 Å². The van der Waals surface area contributed by atoms with E-state index in [4.69, 9.17) is 0 Å². The van der Waals surface area contributed by atoms with E-state index in [0.29, 0.717) is 5.56 Å². The predicted octanol–water partition coefficient (Wildman–Crippen LogP) is 4.71. The summed E-state index contributed by atoms with van der Waals surface area (Å²) < 4.78 is 2.18. The zero-order valence-corrected chi connectivity index (χ0v) is 16.7. The van der Waals surface area contributed by atoms with Crippen LogP contribution in [0, 0.1) is 20.8 Å². The van der Waals surface area contributed by atoms with Crippen molar-refractivity contribution in [3.8, 4) is 5.69 Å². The maximum atomic E-state index is 12.2. The molecule has 0 saturated carbocycles. The van der Waals surface area contributed by atoms with E-state index in [9.17, 15) is 4.79 Å². The number of hydrogen-bond acceptors (Lipinski definition) is 3. The first-order chi connectivity index (χ1) is 14.0. The fraction of sp³-hybridized carbons (Fsp3) is 0.125. The third kappa shape index (κ3) is 3.80. The highest BCUT2D eigenvalue weighted by Crippen LogP contribution is 2.22. The second kappa shape index (κ2) is 7.72. The van der Waals surface area contributed by atoms with E-state index < -0.39 is 0 Å². The molecule has 5 heteroatoms. The molecule has 0 radical (unpaired) electrons.